The number of aliphatic hydroxyl groups is 1. The minimum Gasteiger partial charge on any atom is -0.475 e. The number of nitrogens with zero attached hydrogens (tertiary/aromatic N) is 1. The highest BCUT2D eigenvalue weighted by molar-refractivity contribution is 5.93. The first-order chi connectivity index (χ1) is 9.83. The molecule has 0 amide bonds. The monoisotopic (exact) mass is 277 g/mol. The van der Waals surface area contributed by atoms with Crippen LogP contribution in [0.3, 0.4) is 0 Å². The van der Waals surface area contributed by atoms with Crippen molar-refractivity contribution in [3.8, 4) is 0 Å². The molecular formula is C16H23NO3. The van der Waals surface area contributed by atoms with Gasteiger partial charge in [0.15, 0.2) is 0 Å². The molecule has 0 heterocycles. The largest absolute Gasteiger partial charge is 0.475 e. The molecule has 4 nitrogen and oxygen atoms in total. The number of benzene rings is 1. The number of aliphatic hydroxyl groups excluding tert-OH is 1. The van der Waals surface area contributed by atoms with Crippen molar-refractivity contribution in [2.75, 3.05) is 20.3 Å². The van der Waals surface area contributed by atoms with Gasteiger partial charge in [0.25, 0.3) is 5.90 Å². The molecule has 0 spiro atoms. The van der Waals surface area contributed by atoms with Gasteiger partial charge in [-0.05, 0) is 54.8 Å². The smallest absolute Gasteiger partial charge is 0.257 e. The average molecular weight is 277 g/mol. The van der Waals surface area contributed by atoms with Gasteiger partial charge in [0.2, 0.25) is 0 Å². The Kier molecular flexibility index (Phi) is 5.87. The zero-order chi connectivity index (χ0) is 14.2. The number of rotatable bonds is 5. The van der Waals surface area contributed by atoms with Crippen LogP contribution >= 0.6 is 0 Å². The van der Waals surface area contributed by atoms with Crippen LogP contribution in [0.25, 0.3) is 0 Å². The van der Waals surface area contributed by atoms with Crippen LogP contribution < -0.4 is 0 Å². The molecule has 1 aromatic carbocycles. The third kappa shape index (κ3) is 4.23. The maximum Gasteiger partial charge on any atom is 0.257 e. The second-order valence-corrected chi connectivity index (χ2v) is 5.33. The van der Waals surface area contributed by atoms with Crippen LogP contribution in [-0.4, -0.2) is 31.3 Å². The predicted molar refractivity (Wildman–Crippen MR) is 78.5 cm³/mol. The third-order valence-corrected chi connectivity index (χ3v) is 3.88. The molecule has 1 aromatic rings. The summed E-state index contributed by atoms with van der Waals surface area (Å²) in [5, 5.41) is 13.1. The van der Waals surface area contributed by atoms with E-state index in [-0.39, 0.29) is 0 Å². The molecule has 20 heavy (non-hydrogen) atoms. The van der Waals surface area contributed by atoms with E-state index in [0.29, 0.717) is 30.9 Å². The van der Waals surface area contributed by atoms with E-state index in [1.165, 1.54) is 7.11 Å². The van der Waals surface area contributed by atoms with Gasteiger partial charge < -0.3 is 14.7 Å². The van der Waals surface area contributed by atoms with Crippen LogP contribution in [0.2, 0.25) is 0 Å². The maximum absolute atomic E-state index is 9.15. The van der Waals surface area contributed by atoms with Gasteiger partial charge in [0.05, 0.1) is 6.61 Å². The van der Waals surface area contributed by atoms with E-state index in [4.69, 9.17) is 14.7 Å². The number of hydrogen-bond acceptors (Lipinski definition) is 4. The van der Waals surface area contributed by atoms with Crippen LogP contribution in [0.5, 0.6) is 0 Å². The van der Waals surface area contributed by atoms with Gasteiger partial charge in [-0.25, -0.2) is 0 Å². The van der Waals surface area contributed by atoms with E-state index in [1.54, 1.807) is 0 Å². The Bertz CT molecular complexity index is 411. The van der Waals surface area contributed by atoms with Gasteiger partial charge in [0, 0.05) is 12.2 Å². The minimum atomic E-state index is 0.313. The fourth-order valence-corrected chi connectivity index (χ4v) is 2.60. The molecule has 1 saturated carbocycles. The fourth-order valence-electron chi connectivity index (χ4n) is 2.60. The van der Waals surface area contributed by atoms with E-state index >= 15 is 0 Å². The Morgan fingerprint density at radius 1 is 1.15 bits per heavy atom. The Hall–Kier alpha value is -1.55. The van der Waals surface area contributed by atoms with Crippen molar-refractivity contribution >= 4 is 5.90 Å². The van der Waals surface area contributed by atoms with E-state index in [9.17, 15) is 0 Å². The molecule has 0 atom stereocenters. The standard InChI is InChI=1S/C16H23NO3/c1-19-17-16(15-5-3-2-4-6-15)20-12-14-9-7-13(11-18)8-10-14/h2-6,13-14,18H,7-12H2,1H3/b17-16-. The normalized spacial score (nSPS) is 23.4. The number of hydrogen-bond donors (Lipinski definition) is 1. The average Bonchev–Trinajstić information content (AvgIpc) is 2.53. The van der Waals surface area contributed by atoms with Crippen LogP contribution in [0.1, 0.15) is 31.2 Å². The van der Waals surface area contributed by atoms with Crippen molar-refractivity contribution in [2.24, 2.45) is 17.0 Å². The highest BCUT2D eigenvalue weighted by atomic mass is 16.6. The summed E-state index contributed by atoms with van der Waals surface area (Å²) in [7, 11) is 1.53. The first-order valence-corrected chi connectivity index (χ1v) is 7.23. The van der Waals surface area contributed by atoms with Crippen molar-refractivity contribution in [1.82, 2.24) is 0 Å². The van der Waals surface area contributed by atoms with Crippen LogP contribution in [0.15, 0.2) is 35.5 Å². The Morgan fingerprint density at radius 2 is 1.80 bits per heavy atom. The van der Waals surface area contributed by atoms with Gasteiger partial charge in [-0.3, -0.25) is 0 Å². The molecule has 1 aliphatic carbocycles. The van der Waals surface area contributed by atoms with Gasteiger partial charge in [-0.2, -0.15) is 0 Å². The molecule has 110 valence electrons. The molecule has 2 rings (SSSR count). The zero-order valence-corrected chi connectivity index (χ0v) is 12.0. The molecule has 4 heteroatoms. The van der Waals surface area contributed by atoms with Crippen molar-refractivity contribution in [1.29, 1.82) is 0 Å². The Balaban J connectivity index is 1.86. The molecular weight excluding hydrogens is 254 g/mol. The van der Waals surface area contributed by atoms with Crippen LogP contribution in [0.4, 0.5) is 0 Å². The van der Waals surface area contributed by atoms with E-state index < -0.39 is 0 Å². The predicted octanol–water partition coefficient (Wildman–Crippen LogP) is 2.81. The Labute approximate surface area is 120 Å². The van der Waals surface area contributed by atoms with Gasteiger partial charge >= 0.3 is 0 Å². The Morgan fingerprint density at radius 3 is 2.40 bits per heavy atom. The molecule has 0 unspecified atom stereocenters. The molecule has 0 radical (unpaired) electrons. The maximum atomic E-state index is 9.15. The lowest BCUT2D eigenvalue weighted by atomic mass is 9.83. The third-order valence-electron chi connectivity index (χ3n) is 3.88. The number of ether oxygens (including phenoxy) is 1. The van der Waals surface area contributed by atoms with Crippen LogP contribution in [0, 0.1) is 11.8 Å². The summed E-state index contributed by atoms with van der Waals surface area (Å²) in [5.41, 5.74) is 0.929. The molecule has 0 aliphatic heterocycles. The van der Waals surface area contributed by atoms with Crippen LogP contribution in [-0.2, 0) is 9.57 Å². The topological polar surface area (TPSA) is 51.0 Å². The summed E-state index contributed by atoms with van der Waals surface area (Å²) in [4.78, 5) is 4.86. The van der Waals surface area contributed by atoms with E-state index in [1.807, 2.05) is 30.3 Å². The summed E-state index contributed by atoms with van der Waals surface area (Å²) in [5.74, 6) is 1.56. The summed E-state index contributed by atoms with van der Waals surface area (Å²) in [6.45, 7) is 0.975. The second-order valence-electron chi connectivity index (χ2n) is 5.33. The van der Waals surface area contributed by atoms with E-state index in [0.717, 1.165) is 31.2 Å². The molecule has 1 fully saturated rings. The fraction of sp³-hybridized carbons (Fsp3) is 0.562. The van der Waals surface area contributed by atoms with Gasteiger partial charge in [-0.1, -0.05) is 18.2 Å². The highest BCUT2D eigenvalue weighted by Crippen LogP contribution is 2.28. The summed E-state index contributed by atoms with van der Waals surface area (Å²) < 4.78 is 5.84. The molecule has 1 aliphatic rings. The number of oxime groups is 1. The van der Waals surface area contributed by atoms with Crippen molar-refractivity contribution in [3.63, 3.8) is 0 Å². The van der Waals surface area contributed by atoms with Crippen molar-refractivity contribution in [2.45, 2.75) is 25.7 Å². The summed E-state index contributed by atoms with van der Waals surface area (Å²) in [6, 6.07) is 9.79. The summed E-state index contributed by atoms with van der Waals surface area (Å²) in [6.07, 6.45) is 4.40. The van der Waals surface area contributed by atoms with Gasteiger partial charge in [-0.15, -0.1) is 0 Å². The van der Waals surface area contributed by atoms with Crippen molar-refractivity contribution < 1.29 is 14.7 Å². The lowest BCUT2D eigenvalue weighted by molar-refractivity contribution is 0.129. The van der Waals surface area contributed by atoms with E-state index in [2.05, 4.69) is 5.16 Å². The first-order valence-electron chi connectivity index (χ1n) is 7.23. The zero-order valence-electron chi connectivity index (χ0n) is 12.0. The lowest BCUT2D eigenvalue weighted by Crippen LogP contribution is -2.22. The molecule has 0 aromatic heterocycles. The lowest BCUT2D eigenvalue weighted by Gasteiger charge is -2.27. The highest BCUT2D eigenvalue weighted by Gasteiger charge is 2.21. The SMILES string of the molecule is CO/N=C(\OCC1CCC(CO)CC1)c1ccccc1. The summed E-state index contributed by atoms with van der Waals surface area (Å²) >= 11 is 0. The molecule has 0 bridgehead atoms. The quantitative estimate of drug-likeness (QED) is 0.511. The molecule has 0 saturated heterocycles. The molecule has 1 N–H and O–H groups in total. The van der Waals surface area contributed by atoms with Crippen molar-refractivity contribution in [3.05, 3.63) is 35.9 Å². The van der Waals surface area contributed by atoms with Gasteiger partial charge in [0.1, 0.15) is 7.11 Å². The first kappa shape index (κ1) is 14.9. The minimum absolute atomic E-state index is 0.313. The second kappa shape index (κ2) is 7.90.